The molecule has 7 nitrogen and oxygen atoms in total. The van der Waals surface area contributed by atoms with E-state index in [1.807, 2.05) is 58.1 Å². The Bertz CT molecular complexity index is 994. The molecule has 0 aliphatic carbocycles. The molecule has 31 heavy (non-hydrogen) atoms. The predicted octanol–water partition coefficient (Wildman–Crippen LogP) is 2.57. The smallest absolute Gasteiger partial charge is 0.251 e. The number of anilines is 1. The number of imidazole rings is 1. The molecule has 2 aromatic carbocycles. The highest BCUT2D eigenvalue weighted by Gasteiger charge is 2.19. The van der Waals surface area contributed by atoms with Crippen molar-refractivity contribution in [2.24, 2.45) is 0 Å². The highest BCUT2D eigenvalue weighted by Crippen LogP contribution is 2.19. The molecule has 1 unspecified atom stereocenters. The summed E-state index contributed by atoms with van der Waals surface area (Å²) in [6, 6.07) is 17.7. The molecule has 1 saturated heterocycles. The third kappa shape index (κ3) is 4.94. The first-order chi connectivity index (χ1) is 15.1. The molecule has 2 amide bonds. The average Bonchev–Trinajstić information content (AvgIpc) is 3.34. The van der Waals surface area contributed by atoms with Crippen LogP contribution in [0.2, 0.25) is 0 Å². The first-order valence-electron chi connectivity index (χ1n) is 10.5. The van der Waals surface area contributed by atoms with Gasteiger partial charge in [-0.1, -0.05) is 30.3 Å². The summed E-state index contributed by atoms with van der Waals surface area (Å²) in [6.07, 6.45) is 5.42. The van der Waals surface area contributed by atoms with Gasteiger partial charge in [0.05, 0.1) is 12.4 Å². The third-order valence-corrected chi connectivity index (χ3v) is 5.74. The van der Waals surface area contributed by atoms with Gasteiger partial charge in [-0.15, -0.1) is 0 Å². The normalized spacial score (nSPS) is 14.9. The number of hydrogen-bond donors (Lipinski definition) is 1. The molecule has 0 radical (unpaired) electrons. The number of nitrogens with zero attached hydrogens (tertiary/aromatic N) is 4. The van der Waals surface area contributed by atoms with Crippen molar-refractivity contribution in [3.05, 3.63) is 84.4 Å². The van der Waals surface area contributed by atoms with Crippen molar-refractivity contribution >= 4 is 17.5 Å². The molecule has 1 atom stereocenters. The third-order valence-electron chi connectivity index (χ3n) is 5.74. The Kier molecular flexibility index (Phi) is 6.31. The van der Waals surface area contributed by atoms with E-state index in [0.717, 1.165) is 37.4 Å². The standard InChI is InChI=1S/C24H27N5O2/c1-19(30)27-13-15-28(16-14-27)22-9-7-21(8-10-22)24(31)26-17-23(29-12-11-25-18-29)20-5-3-2-4-6-20/h2-12,18,23H,13-17H2,1H3,(H,26,31). The van der Waals surface area contributed by atoms with E-state index < -0.39 is 0 Å². The number of aromatic nitrogens is 2. The van der Waals surface area contributed by atoms with Gasteiger partial charge in [0.15, 0.2) is 0 Å². The number of amides is 2. The number of hydrogen-bond acceptors (Lipinski definition) is 4. The molecule has 3 aromatic rings. The molecular formula is C24H27N5O2. The fourth-order valence-corrected chi connectivity index (χ4v) is 3.92. The molecule has 1 aliphatic rings. The molecule has 4 rings (SSSR count). The van der Waals surface area contributed by atoms with Crippen molar-refractivity contribution < 1.29 is 9.59 Å². The summed E-state index contributed by atoms with van der Waals surface area (Å²) in [7, 11) is 0. The zero-order valence-electron chi connectivity index (χ0n) is 17.6. The van der Waals surface area contributed by atoms with E-state index >= 15 is 0 Å². The molecule has 1 fully saturated rings. The maximum Gasteiger partial charge on any atom is 0.251 e. The van der Waals surface area contributed by atoms with Crippen molar-refractivity contribution in [2.75, 3.05) is 37.6 Å². The summed E-state index contributed by atoms with van der Waals surface area (Å²) in [5, 5.41) is 3.06. The number of benzene rings is 2. The van der Waals surface area contributed by atoms with Gasteiger partial charge in [0.1, 0.15) is 0 Å². The Morgan fingerprint density at radius 2 is 1.71 bits per heavy atom. The number of piperazine rings is 1. The molecule has 160 valence electrons. The van der Waals surface area contributed by atoms with Gasteiger partial charge in [-0.2, -0.15) is 0 Å². The van der Waals surface area contributed by atoms with Crippen LogP contribution in [-0.2, 0) is 4.79 Å². The predicted molar refractivity (Wildman–Crippen MR) is 120 cm³/mol. The van der Waals surface area contributed by atoms with E-state index in [1.54, 1.807) is 19.4 Å². The Hall–Kier alpha value is -3.61. The lowest BCUT2D eigenvalue weighted by molar-refractivity contribution is -0.129. The van der Waals surface area contributed by atoms with Crippen LogP contribution >= 0.6 is 0 Å². The second-order valence-corrected chi connectivity index (χ2v) is 7.69. The topological polar surface area (TPSA) is 70.5 Å². The van der Waals surface area contributed by atoms with Crippen LogP contribution in [0.1, 0.15) is 28.9 Å². The van der Waals surface area contributed by atoms with Crippen LogP contribution in [0.25, 0.3) is 0 Å². The Labute approximate surface area is 182 Å². The minimum absolute atomic E-state index is 0.0236. The summed E-state index contributed by atoms with van der Waals surface area (Å²) in [5.41, 5.74) is 2.81. The number of rotatable bonds is 6. The molecule has 0 bridgehead atoms. The Balaban J connectivity index is 1.38. The van der Waals surface area contributed by atoms with Crippen LogP contribution in [0.5, 0.6) is 0 Å². The van der Waals surface area contributed by atoms with E-state index in [-0.39, 0.29) is 17.9 Å². The van der Waals surface area contributed by atoms with E-state index in [1.165, 1.54) is 0 Å². The Morgan fingerprint density at radius 3 is 2.32 bits per heavy atom. The van der Waals surface area contributed by atoms with E-state index in [2.05, 4.69) is 27.3 Å². The quantitative estimate of drug-likeness (QED) is 0.669. The first-order valence-corrected chi connectivity index (χ1v) is 10.5. The number of carbonyl (C=O) groups is 2. The SMILES string of the molecule is CC(=O)N1CCN(c2ccc(C(=O)NCC(c3ccccc3)n3ccnc3)cc2)CC1. The van der Waals surface area contributed by atoms with Crippen LogP contribution in [0.3, 0.4) is 0 Å². The Morgan fingerprint density at radius 1 is 1.00 bits per heavy atom. The molecule has 1 N–H and O–H groups in total. The molecule has 1 aliphatic heterocycles. The highest BCUT2D eigenvalue weighted by atomic mass is 16.2. The second-order valence-electron chi connectivity index (χ2n) is 7.69. The van der Waals surface area contributed by atoms with Gasteiger partial charge in [-0.3, -0.25) is 9.59 Å². The van der Waals surface area contributed by atoms with Crippen molar-refractivity contribution in [3.8, 4) is 0 Å². The minimum Gasteiger partial charge on any atom is -0.368 e. The van der Waals surface area contributed by atoms with Crippen molar-refractivity contribution in [1.82, 2.24) is 19.8 Å². The van der Waals surface area contributed by atoms with Gasteiger partial charge in [-0.05, 0) is 29.8 Å². The van der Waals surface area contributed by atoms with Gasteiger partial charge < -0.3 is 19.7 Å². The lowest BCUT2D eigenvalue weighted by atomic mass is 10.1. The number of carbonyl (C=O) groups excluding carboxylic acids is 2. The summed E-state index contributed by atoms with van der Waals surface area (Å²) >= 11 is 0. The van der Waals surface area contributed by atoms with Crippen molar-refractivity contribution in [1.29, 1.82) is 0 Å². The average molecular weight is 418 g/mol. The number of nitrogens with one attached hydrogen (secondary N) is 1. The first kappa shape index (κ1) is 20.7. The zero-order valence-corrected chi connectivity index (χ0v) is 17.6. The summed E-state index contributed by atoms with van der Waals surface area (Å²) in [4.78, 5) is 32.5. The minimum atomic E-state index is -0.103. The van der Waals surface area contributed by atoms with Gasteiger partial charge in [-0.25, -0.2) is 4.98 Å². The van der Waals surface area contributed by atoms with Crippen molar-refractivity contribution in [2.45, 2.75) is 13.0 Å². The molecule has 2 heterocycles. The van der Waals surface area contributed by atoms with Gasteiger partial charge in [0.25, 0.3) is 5.91 Å². The highest BCUT2D eigenvalue weighted by molar-refractivity contribution is 5.94. The van der Waals surface area contributed by atoms with Gasteiger partial charge >= 0.3 is 0 Å². The fraction of sp³-hybridized carbons (Fsp3) is 0.292. The van der Waals surface area contributed by atoms with Crippen molar-refractivity contribution in [3.63, 3.8) is 0 Å². The lowest BCUT2D eigenvalue weighted by Gasteiger charge is -2.35. The second kappa shape index (κ2) is 9.47. The van der Waals surface area contributed by atoms with Crippen LogP contribution in [-0.4, -0.2) is 59.0 Å². The summed E-state index contributed by atoms with van der Waals surface area (Å²) in [6.45, 7) is 5.13. The van der Waals surface area contributed by atoms with Crippen LogP contribution < -0.4 is 10.2 Å². The molecule has 0 saturated carbocycles. The van der Waals surface area contributed by atoms with E-state index in [9.17, 15) is 9.59 Å². The maximum absolute atomic E-state index is 12.8. The van der Waals surface area contributed by atoms with E-state index in [0.29, 0.717) is 12.1 Å². The maximum atomic E-state index is 12.8. The molecule has 7 heteroatoms. The largest absolute Gasteiger partial charge is 0.368 e. The monoisotopic (exact) mass is 417 g/mol. The molecule has 1 aromatic heterocycles. The fourth-order valence-electron chi connectivity index (χ4n) is 3.92. The zero-order chi connectivity index (χ0) is 21.6. The molecular weight excluding hydrogens is 390 g/mol. The van der Waals surface area contributed by atoms with Crippen LogP contribution in [0.15, 0.2) is 73.3 Å². The van der Waals surface area contributed by atoms with Crippen LogP contribution in [0.4, 0.5) is 5.69 Å². The molecule has 0 spiro atoms. The summed E-state index contributed by atoms with van der Waals surface area (Å²) in [5.74, 6) is 0.0187. The summed E-state index contributed by atoms with van der Waals surface area (Å²) < 4.78 is 2.00. The van der Waals surface area contributed by atoms with E-state index in [4.69, 9.17) is 0 Å². The van der Waals surface area contributed by atoms with Gasteiger partial charge in [0, 0.05) is 63.3 Å². The van der Waals surface area contributed by atoms with Crippen LogP contribution in [0, 0.1) is 0 Å². The lowest BCUT2D eigenvalue weighted by Crippen LogP contribution is -2.48. The van der Waals surface area contributed by atoms with Gasteiger partial charge in [0.2, 0.25) is 5.91 Å².